The van der Waals surface area contributed by atoms with Crippen LogP contribution in [0.2, 0.25) is 0 Å². The van der Waals surface area contributed by atoms with E-state index < -0.39 is 5.54 Å². The van der Waals surface area contributed by atoms with E-state index in [2.05, 4.69) is 44.8 Å². The molecule has 4 nitrogen and oxygen atoms in total. The second-order valence-electron chi connectivity index (χ2n) is 8.10. The van der Waals surface area contributed by atoms with Gasteiger partial charge in [-0.05, 0) is 71.9 Å². The first kappa shape index (κ1) is 18.4. The lowest BCUT2D eigenvalue weighted by Crippen LogP contribution is -2.58. The van der Waals surface area contributed by atoms with Gasteiger partial charge in [0.2, 0.25) is 5.91 Å². The molecule has 0 aromatic heterocycles. The quantitative estimate of drug-likeness (QED) is 0.792. The summed E-state index contributed by atoms with van der Waals surface area (Å²) >= 11 is 0. The molecule has 1 aliphatic heterocycles. The Morgan fingerprint density at radius 3 is 2.43 bits per heavy atom. The summed E-state index contributed by atoms with van der Waals surface area (Å²) in [6, 6.07) is 0.611. The minimum atomic E-state index is -0.630. The minimum Gasteiger partial charge on any atom is -0.368 e. The first-order valence-corrected chi connectivity index (χ1v) is 8.37. The summed E-state index contributed by atoms with van der Waals surface area (Å²) in [5, 5.41) is 3.36. The van der Waals surface area contributed by atoms with Crippen LogP contribution in [0.15, 0.2) is 0 Å². The molecule has 0 aromatic carbocycles. The fraction of sp³-hybridized carbons (Fsp3) is 0.941. The van der Waals surface area contributed by atoms with Crippen LogP contribution in [-0.4, -0.2) is 41.5 Å². The molecular weight excluding hydrogens is 262 g/mol. The average molecular weight is 297 g/mol. The normalized spacial score (nSPS) is 24.3. The van der Waals surface area contributed by atoms with Gasteiger partial charge in [-0.3, -0.25) is 4.79 Å². The molecule has 2 unspecified atom stereocenters. The number of likely N-dealkylation sites (tertiary alicyclic amines) is 1. The standard InChI is InChI=1S/C17H35N3O/c1-13(2)19-17(6,15(18)21)12-14(3)20-10-7-8-16(4,5)9-11-20/h13-14,19H,7-12H2,1-6H3,(H2,18,21). The number of nitrogens with two attached hydrogens (primary N) is 1. The molecule has 1 rings (SSSR count). The van der Waals surface area contributed by atoms with Gasteiger partial charge in [-0.15, -0.1) is 0 Å². The SMILES string of the molecule is CC(C)NC(C)(CC(C)N1CCCC(C)(C)CC1)C(N)=O. The highest BCUT2D eigenvalue weighted by molar-refractivity contribution is 5.84. The molecule has 1 aliphatic rings. The molecule has 0 radical (unpaired) electrons. The van der Waals surface area contributed by atoms with Crippen molar-refractivity contribution >= 4 is 5.91 Å². The third-order valence-corrected chi connectivity index (χ3v) is 4.85. The Morgan fingerprint density at radius 1 is 1.29 bits per heavy atom. The number of hydrogen-bond acceptors (Lipinski definition) is 3. The van der Waals surface area contributed by atoms with Crippen LogP contribution >= 0.6 is 0 Å². The molecule has 4 heteroatoms. The monoisotopic (exact) mass is 297 g/mol. The van der Waals surface area contributed by atoms with E-state index in [1.165, 1.54) is 19.3 Å². The van der Waals surface area contributed by atoms with Gasteiger partial charge in [-0.25, -0.2) is 0 Å². The van der Waals surface area contributed by atoms with Crippen molar-refractivity contribution < 1.29 is 4.79 Å². The van der Waals surface area contributed by atoms with Crippen molar-refractivity contribution in [2.75, 3.05) is 13.1 Å². The largest absolute Gasteiger partial charge is 0.368 e. The van der Waals surface area contributed by atoms with Crippen LogP contribution in [0.25, 0.3) is 0 Å². The van der Waals surface area contributed by atoms with E-state index in [4.69, 9.17) is 5.73 Å². The van der Waals surface area contributed by atoms with Crippen LogP contribution in [0.5, 0.6) is 0 Å². The highest BCUT2D eigenvalue weighted by Gasteiger charge is 2.35. The maximum absolute atomic E-state index is 11.9. The van der Waals surface area contributed by atoms with E-state index in [0.29, 0.717) is 11.5 Å². The third kappa shape index (κ3) is 5.59. The van der Waals surface area contributed by atoms with E-state index in [1.807, 2.05) is 6.92 Å². The summed E-state index contributed by atoms with van der Waals surface area (Å²) in [5.41, 5.74) is 5.46. The van der Waals surface area contributed by atoms with Crippen LogP contribution in [-0.2, 0) is 4.79 Å². The minimum absolute atomic E-state index is 0.248. The predicted molar refractivity (Wildman–Crippen MR) is 89.2 cm³/mol. The summed E-state index contributed by atoms with van der Waals surface area (Å²) in [4.78, 5) is 14.4. The van der Waals surface area contributed by atoms with E-state index in [9.17, 15) is 4.79 Å². The number of carbonyl (C=O) groups excluding carboxylic acids is 1. The molecule has 1 fully saturated rings. The van der Waals surface area contributed by atoms with Crippen molar-refractivity contribution in [3.63, 3.8) is 0 Å². The number of nitrogens with one attached hydrogen (secondary N) is 1. The topological polar surface area (TPSA) is 58.4 Å². The molecule has 1 amide bonds. The van der Waals surface area contributed by atoms with Gasteiger partial charge < -0.3 is 16.0 Å². The van der Waals surface area contributed by atoms with E-state index in [0.717, 1.165) is 19.5 Å². The molecule has 1 heterocycles. The summed E-state index contributed by atoms with van der Waals surface area (Å²) in [6.45, 7) is 15.2. The Labute approximate surface area is 130 Å². The number of hydrogen-bond donors (Lipinski definition) is 2. The highest BCUT2D eigenvalue weighted by Crippen LogP contribution is 2.31. The number of carbonyl (C=O) groups is 1. The Balaban J connectivity index is 2.69. The van der Waals surface area contributed by atoms with Gasteiger partial charge in [0.15, 0.2) is 0 Å². The van der Waals surface area contributed by atoms with Crippen LogP contribution in [0.4, 0.5) is 0 Å². The van der Waals surface area contributed by atoms with E-state index in [-0.39, 0.29) is 11.9 Å². The zero-order valence-corrected chi connectivity index (χ0v) is 14.8. The summed E-state index contributed by atoms with van der Waals surface area (Å²) in [5.74, 6) is -0.252. The van der Waals surface area contributed by atoms with Gasteiger partial charge >= 0.3 is 0 Å². The fourth-order valence-electron chi connectivity index (χ4n) is 3.47. The lowest BCUT2D eigenvalue weighted by molar-refractivity contribution is -0.124. The van der Waals surface area contributed by atoms with Crippen molar-refractivity contribution in [1.29, 1.82) is 0 Å². The van der Waals surface area contributed by atoms with Gasteiger partial charge in [0, 0.05) is 12.1 Å². The highest BCUT2D eigenvalue weighted by atomic mass is 16.1. The van der Waals surface area contributed by atoms with Crippen LogP contribution in [0, 0.1) is 5.41 Å². The molecular formula is C17H35N3O. The fourth-order valence-corrected chi connectivity index (χ4v) is 3.47. The van der Waals surface area contributed by atoms with Crippen LogP contribution < -0.4 is 11.1 Å². The third-order valence-electron chi connectivity index (χ3n) is 4.85. The molecule has 1 saturated heterocycles. The number of nitrogens with zero attached hydrogens (tertiary/aromatic N) is 1. The molecule has 21 heavy (non-hydrogen) atoms. The Hall–Kier alpha value is -0.610. The Morgan fingerprint density at radius 2 is 1.90 bits per heavy atom. The van der Waals surface area contributed by atoms with Crippen molar-refractivity contribution in [1.82, 2.24) is 10.2 Å². The van der Waals surface area contributed by atoms with Crippen molar-refractivity contribution in [3.05, 3.63) is 0 Å². The molecule has 0 aromatic rings. The predicted octanol–water partition coefficient (Wildman–Crippen LogP) is 2.52. The summed E-state index contributed by atoms with van der Waals surface area (Å²) < 4.78 is 0. The van der Waals surface area contributed by atoms with E-state index in [1.54, 1.807) is 0 Å². The number of rotatable bonds is 6. The van der Waals surface area contributed by atoms with Crippen LogP contribution in [0.3, 0.4) is 0 Å². The van der Waals surface area contributed by atoms with E-state index >= 15 is 0 Å². The first-order chi connectivity index (χ1) is 9.56. The number of amides is 1. The van der Waals surface area contributed by atoms with Gasteiger partial charge in [-0.1, -0.05) is 13.8 Å². The van der Waals surface area contributed by atoms with Gasteiger partial charge in [-0.2, -0.15) is 0 Å². The van der Waals surface area contributed by atoms with Gasteiger partial charge in [0.05, 0.1) is 5.54 Å². The van der Waals surface area contributed by atoms with Crippen molar-refractivity contribution in [2.45, 2.75) is 84.8 Å². The Kier molecular flexibility index (Phi) is 6.23. The molecule has 0 aliphatic carbocycles. The lowest BCUT2D eigenvalue weighted by atomic mass is 9.85. The molecule has 0 bridgehead atoms. The molecule has 2 atom stereocenters. The lowest BCUT2D eigenvalue weighted by Gasteiger charge is -2.37. The summed E-state index contributed by atoms with van der Waals surface area (Å²) in [6.07, 6.45) is 4.51. The number of primary amides is 1. The smallest absolute Gasteiger partial charge is 0.237 e. The molecule has 3 N–H and O–H groups in total. The molecule has 124 valence electrons. The molecule has 0 spiro atoms. The Bertz CT molecular complexity index is 354. The average Bonchev–Trinajstić information content (AvgIpc) is 2.48. The van der Waals surface area contributed by atoms with Crippen molar-refractivity contribution in [2.24, 2.45) is 11.1 Å². The van der Waals surface area contributed by atoms with Gasteiger partial charge in [0.25, 0.3) is 0 Å². The van der Waals surface area contributed by atoms with Crippen LogP contribution in [0.1, 0.15) is 67.2 Å². The second-order valence-corrected chi connectivity index (χ2v) is 8.10. The molecule has 0 saturated carbocycles. The maximum Gasteiger partial charge on any atom is 0.237 e. The first-order valence-electron chi connectivity index (χ1n) is 8.37. The maximum atomic E-state index is 11.9. The summed E-state index contributed by atoms with van der Waals surface area (Å²) in [7, 11) is 0. The van der Waals surface area contributed by atoms with Crippen molar-refractivity contribution in [3.8, 4) is 0 Å². The second kappa shape index (κ2) is 7.10. The zero-order chi connectivity index (χ0) is 16.3. The van der Waals surface area contributed by atoms with Gasteiger partial charge in [0.1, 0.15) is 0 Å². The zero-order valence-electron chi connectivity index (χ0n) is 14.8.